The second-order valence-electron chi connectivity index (χ2n) is 6.03. The summed E-state index contributed by atoms with van der Waals surface area (Å²) in [6.45, 7) is 2.11. The Balaban J connectivity index is 1.85. The first-order valence-electron chi connectivity index (χ1n) is 7.89. The van der Waals surface area contributed by atoms with E-state index in [1.807, 2.05) is 6.07 Å². The van der Waals surface area contributed by atoms with Crippen molar-refractivity contribution in [2.75, 3.05) is 11.9 Å². The zero-order chi connectivity index (χ0) is 18.0. The van der Waals surface area contributed by atoms with Crippen molar-refractivity contribution < 1.29 is 14.0 Å². The van der Waals surface area contributed by atoms with Crippen LogP contribution in [-0.4, -0.2) is 12.5 Å². The van der Waals surface area contributed by atoms with Crippen LogP contribution in [0, 0.1) is 22.2 Å². The van der Waals surface area contributed by atoms with Crippen molar-refractivity contribution in [2.24, 2.45) is 5.92 Å². The van der Waals surface area contributed by atoms with E-state index in [0.717, 1.165) is 16.4 Å². The van der Waals surface area contributed by atoms with Gasteiger partial charge in [-0.25, -0.2) is 9.87 Å². The fourth-order valence-electron chi connectivity index (χ4n) is 2.33. The molecule has 1 amide bonds. The molecule has 1 aliphatic rings. The molecule has 1 saturated carbocycles. The lowest BCUT2D eigenvalue weighted by Crippen LogP contribution is -2.25. The van der Waals surface area contributed by atoms with Gasteiger partial charge < -0.3 is 5.32 Å². The number of hydrogen-bond donors (Lipinski definition) is 2. The highest BCUT2D eigenvalue weighted by Gasteiger charge is 2.23. The molecule has 132 valence electrons. The first-order valence-corrected chi connectivity index (χ1v) is 9.34. The van der Waals surface area contributed by atoms with E-state index in [9.17, 15) is 9.18 Å². The van der Waals surface area contributed by atoms with Crippen molar-refractivity contribution in [3.8, 4) is 0 Å². The molecule has 0 unspecified atom stereocenters. The van der Waals surface area contributed by atoms with Gasteiger partial charge in [-0.2, -0.15) is 0 Å². The van der Waals surface area contributed by atoms with Crippen LogP contribution >= 0.6 is 34.2 Å². The topological polar surface area (TPSA) is 50.4 Å². The average molecular weight is 475 g/mol. The Morgan fingerprint density at radius 2 is 2.12 bits per heavy atom. The van der Waals surface area contributed by atoms with Crippen molar-refractivity contribution in [2.45, 2.75) is 19.8 Å². The van der Waals surface area contributed by atoms with Crippen LogP contribution in [0.2, 0.25) is 5.02 Å². The van der Waals surface area contributed by atoms with Crippen LogP contribution < -0.4 is 10.8 Å². The lowest BCUT2D eigenvalue weighted by atomic mass is 10.1. The van der Waals surface area contributed by atoms with E-state index in [1.165, 1.54) is 12.1 Å². The van der Waals surface area contributed by atoms with Crippen LogP contribution in [0.1, 0.15) is 28.8 Å². The Kier molecular flexibility index (Phi) is 5.81. The zero-order valence-electron chi connectivity index (χ0n) is 13.5. The summed E-state index contributed by atoms with van der Waals surface area (Å²) < 4.78 is 15.0. The summed E-state index contributed by atoms with van der Waals surface area (Å²) in [5, 5.41) is 3.57. The minimum Gasteiger partial charge on any atom is -0.353 e. The number of anilines is 2. The highest BCUT2D eigenvalue weighted by Crippen LogP contribution is 2.32. The molecule has 3 rings (SSSR count). The van der Waals surface area contributed by atoms with E-state index in [4.69, 9.17) is 16.4 Å². The number of carbonyl (C=O) groups is 1. The van der Waals surface area contributed by atoms with Crippen molar-refractivity contribution in [3.63, 3.8) is 0 Å². The molecule has 0 saturated heterocycles. The number of rotatable bonds is 6. The first-order chi connectivity index (χ1) is 12.0. The van der Waals surface area contributed by atoms with Gasteiger partial charge in [0.25, 0.3) is 5.91 Å². The molecule has 4 nitrogen and oxygen atoms in total. The van der Waals surface area contributed by atoms with Gasteiger partial charge in [0.05, 0.1) is 28.6 Å². The monoisotopic (exact) mass is 474 g/mol. The van der Waals surface area contributed by atoms with E-state index in [2.05, 4.69) is 33.4 Å². The number of amides is 1. The Labute approximate surface area is 164 Å². The normalized spacial score (nSPS) is 13.6. The Morgan fingerprint density at radius 1 is 1.36 bits per heavy atom. The van der Waals surface area contributed by atoms with Crippen LogP contribution in [0.15, 0.2) is 30.3 Å². The van der Waals surface area contributed by atoms with Crippen LogP contribution in [0.5, 0.6) is 0 Å². The predicted molar refractivity (Wildman–Crippen MR) is 105 cm³/mol. The predicted octanol–water partition coefficient (Wildman–Crippen LogP) is 5.21. The molecule has 2 aromatic carbocycles. The summed E-state index contributed by atoms with van der Waals surface area (Å²) in [6.07, 6.45) is 2.26. The molecular formula is C18H17ClFIN2O2. The molecule has 7 heteroatoms. The standard InChI is InChI=1S/C18H17ClFIN2O2/c1-10-15(20)6-5-13(18(24)23-25-9-11-2-3-11)17(10)22-16-7-4-12(21)8-14(16)19/h4-8,11,22H,2-3,9H2,1H3,(H,23,24). The number of nitrogens with one attached hydrogen (secondary N) is 2. The second-order valence-corrected chi connectivity index (χ2v) is 7.68. The van der Waals surface area contributed by atoms with Gasteiger partial charge in [0.15, 0.2) is 0 Å². The Bertz CT molecular complexity index is 812. The summed E-state index contributed by atoms with van der Waals surface area (Å²) in [6, 6.07) is 8.16. The maximum absolute atomic E-state index is 14.0. The molecular weight excluding hydrogens is 458 g/mol. The maximum Gasteiger partial charge on any atom is 0.276 e. The number of halogens is 3. The summed E-state index contributed by atoms with van der Waals surface area (Å²) in [5.74, 6) is -0.300. The largest absolute Gasteiger partial charge is 0.353 e. The maximum atomic E-state index is 14.0. The van der Waals surface area contributed by atoms with Crippen LogP contribution in [0.4, 0.5) is 15.8 Å². The molecule has 0 radical (unpaired) electrons. The van der Waals surface area contributed by atoms with E-state index >= 15 is 0 Å². The third kappa shape index (κ3) is 4.62. The van der Waals surface area contributed by atoms with Crippen molar-refractivity contribution >= 4 is 51.5 Å². The molecule has 0 atom stereocenters. The van der Waals surface area contributed by atoms with Crippen molar-refractivity contribution in [1.82, 2.24) is 5.48 Å². The number of benzene rings is 2. The highest BCUT2D eigenvalue weighted by molar-refractivity contribution is 14.1. The third-order valence-corrected chi connectivity index (χ3v) is 5.00. The third-order valence-electron chi connectivity index (χ3n) is 4.02. The van der Waals surface area contributed by atoms with Gasteiger partial charge in [-0.1, -0.05) is 11.6 Å². The summed E-state index contributed by atoms with van der Waals surface area (Å²) in [7, 11) is 0. The SMILES string of the molecule is Cc1c(F)ccc(C(=O)NOCC2CC2)c1Nc1ccc(I)cc1Cl. The summed E-state index contributed by atoms with van der Waals surface area (Å²) in [5.41, 5.74) is 4.04. The van der Waals surface area contributed by atoms with Crippen LogP contribution in [0.25, 0.3) is 0 Å². The number of hydroxylamine groups is 1. The van der Waals surface area contributed by atoms with Crippen LogP contribution in [-0.2, 0) is 4.84 Å². The van der Waals surface area contributed by atoms with E-state index in [-0.39, 0.29) is 0 Å². The molecule has 0 aliphatic heterocycles. The van der Waals surface area contributed by atoms with Crippen molar-refractivity contribution in [1.29, 1.82) is 0 Å². The van der Waals surface area contributed by atoms with E-state index in [1.54, 1.807) is 19.1 Å². The zero-order valence-corrected chi connectivity index (χ0v) is 16.4. The van der Waals surface area contributed by atoms with Gasteiger partial charge in [-0.05, 0) is 78.6 Å². The summed E-state index contributed by atoms with van der Waals surface area (Å²) >= 11 is 8.40. The summed E-state index contributed by atoms with van der Waals surface area (Å²) in [4.78, 5) is 17.7. The van der Waals surface area contributed by atoms with Gasteiger partial charge in [-0.15, -0.1) is 0 Å². The lowest BCUT2D eigenvalue weighted by molar-refractivity contribution is 0.0271. The fraction of sp³-hybridized carbons (Fsp3) is 0.278. The Morgan fingerprint density at radius 3 is 2.80 bits per heavy atom. The Hall–Kier alpha value is -1.38. The molecule has 0 aromatic heterocycles. The average Bonchev–Trinajstić information content (AvgIpc) is 3.38. The smallest absolute Gasteiger partial charge is 0.276 e. The van der Waals surface area contributed by atoms with E-state index < -0.39 is 11.7 Å². The number of hydrogen-bond acceptors (Lipinski definition) is 3. The molecule has 2 N–H and O–H groups in total. The molecule has 1 fully saturated rings. The molecule has 2 aromatic rings. The van der Waals surface area contributed by atoms with Gasteiger partial charge in [0, 0.05) is 9.13 Å². The minimum absolute atomic E-state index is 0.296. The second kappa shape index (κ2) is 7.88. The fourth-order valence-corrected chi connectivity index (χ4v) is 3.23. The molecule has 0 heterocycles. The lowest BCUT2D eigenvalue weighted by Gasteiger charge is -2.16. The van der Waals surface area contributed by atoms with E-state index in [0.29, 0.717) is 40.0 Å². The highest BCUT2D eigenvalue weighted by atomic mass is 127. The minimum atomic E-state index is -0.423. The van der Waals surface area contributed by atoms with Gasteiger partial charge in [0.2, 0.25) is 0 Å². The van der Waals surface area contributed by atoms with Gasteiger partial charge >= 0.3 is 0 Å². The van der Waals surface area contributed by atoms with Crippen LogP contribution in [0.3, 0.4) is 0 Å². The molecule has 0 bridgehead atoms. The van der Waals surface area contributed by atoms with Crippen molar-refractivity contribution in [3.05, 3.63) is 55.9 Å². The molecule has 25 heavy (non-hydrogen) atoms. The molecule has 1 aliphatic carbocycles. The quantitative estimate of drug-likeness (QED) is 0.447. The molecule has 0 spiro atoms. The number of carbonyl (C=O) groups excluding carboxylic acids is 1. The first kappa shape index (κ1) is 18.4. The van der Waals surface area contributed by atoms with Gasteiger partial charge in [0.1, 0.15) is 5.82 Å². The van der Waals surface area contributed by atoms with Gasteiger partial charge in [-0.3, -0.25) is 9.63 Å².